The number of carbonyl (C=O) groups excluding carboxylic acids is 1. The first kappa shape index (κ1) is 21.2. The van der Waals surface area contributed by atoms with Crippen molar-refractivity contribution < 1.29 is 4.79 Å². The Morgan fingerprint density at radius 3 is 2.56 bits per heavy atom. The molecular weight excluding hydrogens is 428 g/mol. The Labute approximate surface area is 199 Å². The maximum Gasteiger partial charge on any atom is 0.260 e. The van der Waals surface area contributed by atoms with Gasteiger partial charge in [0.2, 0.25) is 0 Å². The Kier molecular flexibility index (Phi) is 5.09. The van der Waals surface area contributed by atoms with Crippen molar-refractivity contribution in [2.75, 3.05) is 16.8 Å². The second kappa shape index (κ2) is 8.16. The summed E-state index contributed by atoms with van der Waals surface area (Å²) in [6.45, 7) is 5.26. The maximum atomic E-state index is 13.7. The molecule has 6 rings (SSSR count). The van der Waals surface area contributed by atoms with Gasteiger partial charge >= 0.3 is 0 Å². The molecule has 0 unspecified atom stereocenters. The summed E-state index contributed by atoms with van der Waals surface area (Å²) >= 11 is 0. The molecule has 1 N–H and O–H groups in total. The molecule has 3 aliphatic heterocycles. The second-order valence-electron chi connectivity index (χ2n) is 9.78. The van der Waals surface area contributed by atoms with Gasteiger partial charge in [-0.3, -0.25) is 9.69 Å². The Hall–Kier alpha value is -3.33. The van der Waals surface area contributed by atoms with Crippen molar-refractivity contribution in [1.82, 2.24) is 30.0 Å². The molecule has 2 saturated heterocycles. The number of amides is 1. The largest absolute Gasteiger partial charge is 0.351 e. The van der Waals surface area contributed by atoms with E-state index >= 15 is 0 Å². The lowest BCUT2D eigenvalue weighted by Crippen LogP contribution is -2.30. The molecule has 9 nitrogen and oxygen atoms in total. The average Bonchev–Trinajstić information content (AvgIpc) is 3.63. The molecule has 1 amide bonds. The van der Waals surface area contributed by atoms with Crippen molar-refractivity contribution in [1.29, 1.82) is 0 Å². The van der Waals surface area contributed by atoms with E-state index in [9.17, 15) is 4.79 Å². The van der Waals surface area contributed by atoms with E-state index in [2.05, 4.69) is 34.3 Å². The van der Waals surface area contributed by atoms with Crippen molar-refractivity contribution in [3.05, 3.63) is 47.4 Å². The van der Waals surface area contributed by atoms with Crippen LogP contribution in [0.2, 0.25) is 0 Å². The van der Waals surface area contributed by atoms with Gasteiger partial charge in [-0.2, -0.15) is 0 Å². The lowest BCUT2D eigenvalue weighted by atomic mass is 10.0. The third-order valence-electron chi connectivity index (χ3n) is 7.42. The Bertz CT molecular complexity index is 1230. The zero-order valence-electron chi connectivity index (χ0n) is 19.9. The summed E-state index contributed by atoms with van der Waals surface area (Å²) in [6, 6.07) is 9.07. The first-order chi connectivity index (χ1) is 16.5. The van der Waals surface area contributed by atoms with Gasteiger partial charge in [0.1, 0.15) is 23.7 Å². The van der Waals surface area contributed by atoms with Crippen LogP contribution >= 0.6 is 0 Å². The number of aromatic nitrogens is 5. The van der Waals surface area contributed by atoms with Crippen molar-refractivity contribution in [2.24, 2.45) is 0 Å². The molecule has 3 aromatic heterocycles. The van der Waals surface area contributed by atoms with Gasteiger partial charge < -0.3 is 14.8 Å². The molecule has 34 heavy (non-hydrogen) atoms. The molecule has 0 saturated carbocycles. The standard InChI is InChI=1S/C25H30N8O/c1-15(2)32-14-27-30-24(32)20-5-4-6-22(28-20)31-13-19-18(25(31)34)11-23(29-21(19)12-26-3)33-16-7-8-17(33)10-9-16/h4-6,11,14-17,26H,7-10,12-13H2,1-3H3. The van der Waals surface area contributed by atoms with E-state index in [0.717, 1.165) is 22.6 Å². The number of nitrogens with one attached hydrogen (secondary N) is 1. The number of rotatable bonds is 6. The van der Waals surface area contributed by atoms with Crippen molar-refractivity contribution in [3.63, 3.8) is 0 Å². The normalized spacial score (nSPS) is 21.2. The molecule has 0 atom stereocenters. The number of pyridine rings is 2. The Balaban J connectivity index is 1.36. The summed E-state index contributed by atoms with van der Waals surface area (Å²) < 4.78 is 1.98. The molecule has 3 aliphatic rings. The molecule has 176 valence electrons. The fourth-order valence-corrected chi connectivity index (χ4v) is 5.77. The smallest absolute Gasteiger partial charge is 0.260 e. The molecule has 9 heteroatoms. The summed E-state index contributed by atoms with van der Waals surface area (Å²) in [6.07, 6.45) is 6.62. The molecule has 2 fully saturated rings. The molecule has 0 aromatic carbocycles. The number of carbonyl (C=O) groups is 1. The van der Waals surface area contributed by atoms with Gasteiger partial charge in [0.15, 0.2) is 5.82 Å². The second-order valence-corrected chi connectivity index (χ2v) is 9.78. The van der Waals surface area contributed by atoms with E-state index in [4.69, 9.17) is 9.97 Å². The number of fused-ring (bicyclic) bond motifs is 3. The van der Waals surface area contributed by atoms with Gasteiger partial charge in [-0.15, -0.1) is 10.2 Å². The summed E-state index contributed by atoms with van der Waals surface area (Å²) in [4.78, 5) is 27.8. The molecule has 0 aliphatic carbocycles. The van der Waals surface area contributed by atoms with Gasteiger partial charge in [0.05, 0.1) is 17.8 Å². The number of hydrogen-bond donors (Lipinski definition) is 1. The van der Waals surface area contributed by atoms with Gasteiger partial charge in [-0.1, -0.05) is 6.07 Å². The zero-order chi connectivity index (χ0) is 23.4. The first-order valence-electron chi connectivity index (χ1n) is 12.2. The Morgan fingerprint density at radius 2 is 1.85 bits per heavy atom. The molecule has 0 radical (unpaired) electrons. The van der Waals surface area contributed by atoms with E-state index in [1.807, 2.05) is 35.9 Å². The van der Waals surface area contributed by atoms with E-state index in [1.54, 1.807) is 11.2 Å². The van der Waals surface area contributed by atoms with Crippen LogP contribution in [-0.2, 0) is 13.1 Å². The fourth-order valence-electron chi connectivity index (χ4n) is 5.77. The zero-order valence-corrected chi connectivity index (χ0v) is 19.9. The summed E-state index contributed by atoms with van der Waals surface area (Å²) in [7, 11) is 1.92. The quantitative estimate of drug-likeness (QED) is 0.606. The minimum absolute atomic E-state index is 0.0162. The Morgan fingerprint density at radius 1 is 1.09 bits per heavy atom. The van der Waals surface area contributed by atoms with Crippen LogP contribution in [0.1, 0.15) is 67.2 Å². The van der Waals surface area contributed by atoms with Crippen LogP contribution in [0.15, 0.2) is 30.6 Å². The minimum Gasteiger partial charge on any atom is -0.351 e. The third kappa shape index (κ3) is 3.29. The van der Waals surface area contributed by atoms with Crippen LogP contribution in [-0.4, -0.2) is 49.8 Å². The third-order valence-corrected chi connectivity index (χ3v) is 7.42. The lowest BCUT2D eigenvalue weighted by molar-refractivity contribution is 0.0996. The highest BCUT2D eigenvalue weighted by Gasteiger charge is 2.41. The SMILES string of the molecule is CNCc1nc(N2C3CCC2CC3)cc2c1CN(c1cccc(-c3nncn3C(C)C)n1)C2=O. The molecule has 3 aromatic rings. The molecule has 0 spiro atoms. The van der Waals surface area contributed by atoms with E-state index in [0.29, 0.717) is 42.5 Å². The highest BCUT2D eigenvalue weighted by atomic mass is 16.2. The van der Waals surface area contributed by atoms with Gasteiger partial charge in [0.25, 0.3) is 5.91 Å². The van der Waals surface area contributed by atoms with Crippen LogP contribution in [0.25, 0.3) is 11.5 Å². The van der Waals surface area contributed by atoms with Crippen molar-refractivity contribution in [3.8, 4) is 11.5 Å². The summed E-state index contributed by atoms with van der Waals surface area (Å²) in [5, 5.41) is 11.6. The lowest BCUT2D eigenvalue weighted by Gasteiger charge is -2.24. The van der Waals surface area contributed by atoms with E-state index in [-0.39, 0.29) is 11.9 Å². The summed E-state index contributed by atoms with van der Waals surface area (Å²) in [5.74, 6) is 2.26. The highest BCUT2D eigenvalue weighted by molar-refractivity contribution is 6.10. The van der Waals surface area contributed by atoms with Gasteiger partial charge in [-0.25, -0.2) is 9.97 Å². The van der Waals surface area contributed by atoms with Crippen LogP contribution in [0.5, 0.6) is 0 Å². The van der Waals surface area contributed by atoms with E-state index < -0.39 is 0 Å². The van der Waals surface area contributed by atoms with Crippen LogP contribution in [0.4, 0.5) is 11.6 Å². The number of nitrogens with zero attached hydrogens (tertiary/aromatic N) is 7. The van der Waals surface area contributed by atoms with E-state index in [1.165, 1.54) is 25.7 Å². The fraction of sp³-hybridized carbons (Fsp3) is 0.480. The summed E-state index contributed by atoms with van der Waals surface area (Å²) in [5.41, 5.74) is 3.40. The number of hydrogen-bond acceptors (Lipinski definition) is 7. The minimum atomic E-state index is -0.0162. The van der Waals surface area contributed by atoms with Crippen molar-refractivity contribution in [2.45, 2.75) is 70.7 Å². The van der Waals surface area contributed by atoms with Crippen LogP contribution < -0.4 is 15.1 Å². The number of anilines is 2. The van der Waals surface area contributed by atoms with Crippen molar-refractivity contribution >= 4 is 17.5 Å². The topological polar surface area (TPSA) is 92.1 Å². The predicted molar refractivity (Wildman–Crippen MR) is 130 cm³/mol. The molecule has 2 bridgehead atoms. The van der Waals surface area contributed by atoms with Gasteiger partial charge in [-0.05, 0) is 64.8 Å². The maximum absolute atomic E-state index is 13.7. The first-order valence-corrected chi connectivity index (χ1v) is 12.2. The van der Waals surface area contributed by atoms with Gasteiger partial charge in [0, 0.05) is 30.2 Å². The van der Waals surface area contributed by atoms with Crippen LogP contribution in [0, 0.1) is 0 Å². The molecule has 6 heterocycles. The predicted octanol–water partition coefficient (Wildman–Crippen LogP) is 3.33. The average molecular weight is 459 g/mol. The highest BCUT2D eigenvalue weighted by Crippen LogP contribution is 2.42. The molecular formula is C25H30N8O. The monoisotopic (exact) mass is 458 g/mol. The van der Waals surface area contributed by atoms with Crippen LogP contribution in [0.3, 0.4) is 0 Å².